The molecule has 0 aliphatic rings. The first-order valence-electron chi connectivity index (χ1n) is 6.87. The van der Waals surface area contributed by atoms with Crippen LogP contribution in [0.1, 0.15) is 27.2 Å². The zero-order valence-electron chi connectivity index (χ0n) is 12.6. The lowest BCUT2D eigenvalue weighted by Gasteiger charge is -2.21. The summed E-state index contributed by atoms with van der Waals surface area (Å²) in [5, 5.41) is 6.20. The monoisotopic (exact) mass is 280 g/mol. The molecule has 0 fully saturated rings. The third-order valence-corrected chi connectivity index (χ3v) is 2.88. The van der Waals surface area contributed by atoms with E-state index in [2.05, 4.69) is 27.5 Å². The summed E-state index contributed by atoms with van der Waals surface area (Å²) in [6, 6.07) is 1.38. The van der Waals surface area contributed by atoms with Crippen LogP contribution in [0, 0.1) is 0 Å². The minimum atomic E-state index is -0.367. The summed E-state index contributed by atoms with van der Waals surface area (Å²) >= 11 is 0. The summed E-state index contributed by atoms with van der Waals surface area (Å²) in [6.07, 6.45) is 0.989. The van der Waals surface area contributed by atoms with Gasteiger partial charge in [-0.25, -0.2) is 0 Å². The summed E-state index contributed by atoms with van der Waals surface area (Å²) in [6.45, 7) is 7.27. The number of nitrogens with two attached hydrogens (primary N) is 1. The number of aromatic nitrogens is 2. The van der Waals surface area contributed by atoms with Crippen LogP contribution in [0.5, 0.6) is 0 Å². The Morgan fingerprint density at radius 2 is 2.05 bits per heavy atom. The normalized spacial score (nSPS) is 11.8. The van der Waals surface area contributed by atoms with Crippen molar-refractivity contribution >= 4 is 23.5 Å². The molecular weight excluding hydrogens is 256 g/mol. The van der Waals surface area contributed by atoms with E-state index in [9.17, 15) is 4.79 Å². The van der Waals surface area contributed by atoms with Gasteiger partial charge in [0.2, 0.25) is 11.9 Å². The summed E-state index contributed by atoms with van der Waals surface area (Å²) in [4.78, 5) is 21.8. The van der Waals surface area contributed by atoms with E-state index in [0.717, 1.165) is 13.0 Å². The third kappa shape index (κ3) is 4.56. The highest BCUT2D eigenvalue weighted by Crippen LogP contribution is 2.13. The number of nitrogens with one attached hydrogen (secondary N) is 2. The Balaban J connectivity index is 2.76. The van der Waals surface area contributed by atoms with Crippen molar-refractivity contribution < 1.29 is 4.79 Å². The Morgan fingerprint density at radius 3 is 2.65 bits per heavy atom. The fourth-order valence-corrected chi connectivity index (χ4v) is 1.65. The van der Waals surface area contributed by atoms with Crippen molar-refractivity contribution in [3.8, 4) is 0 Å². The van der Waals surface area contributed by atoms with Crippen molar-refractivity contribution in [3.05, 3.63) is 6.07 Å². The zero-order valence-corrected chi connectivity index (χ0v) is 12.6. The van der Waals surface area contributed by atoms with Gasteiger partial charge < -0.3 is 21.3 Å². The quantitative estimate of drug-likeness (QED) is 0.693. The highest BCUT2D eigenvalue weighted by Gasteiger charge is 2.17. The van der Waals surface area contributed by atoms with E-state index in [1.54, 1.807) is 24.9 Å². The fourth-order valence-electron chi connectivity index (χ4n) is 1.65. The number of likely N-dealkylation sites (N-methyl/N-ethyl adjacent to an activating group) is 1. The average molecular weight is 280 g/mol. The molecule has 1 amide bonds. The molecule has 1 heterocycles. The zero-order chi connectivity index (χ0) is 15.1. The third-order valence-electron chi connectivity index (χ3n) is 2.88. The molecule has 20 heavy (non-hydrogen) atoms. The fraction of sp³-hybridized carbons (Fsp3) is 0.615. The Morgan fingerprint density at radius 1 is 1.40 bits per heavy atom. The summed E-state index contributed by atoms with van der Waals surface area (Å²) in [5.74, 6) is 1.39. The molecule has 0 saturated carbocycles. The number of hydrogen-bond acceptors (Lipinski definition) is 6. The predicted molar refractivity (Wildman–Crippen MR) is 81.6 cm³/mol. The van der Waals surface area contributed by atoms with Crippen LogP contribution < -0.4 is 16.4 Å². The van der Waals surface area contributed by atoms with Gasteiger partial charge in [-0.3, -0.25) is 4.79 Å². The van der Waals surface area contributed by atoms with Gasteiger partial charge >= 0.3 is 0 Å². The summed E-state index contributed by atoms with van der Waals surface area (Å²) in [5.41, 5.74) is 5.67. The van der Waals surface area contributed by atoms with Crippen LogP contribution in [0.3, 0.4) is 0 Å². The molecule has 0 radical (unpaired) electrons. The maximum absolute atomic E-state index is 12.0. The Bertz CT molecular complexity index is 450. The number of nitrogen functional groups attached to an aromatic ring is 1. The van der Waals surface area contributed by atoms with Crippen molar-refractivity contribution in [2.75, 3.05) is 36.5 Å². The molecular formula is C13H24N6O. The van der Waals surface area contributed by atoms with E-state index in [0.29, 0.717) is 18.2 Å². The number of hydrogen-bond donors (Lipinski definition) is 3. The van der Waals surface area contributed by atoms with Crippen LogP contribution >= 0.6 is 0 Å². The molecule has 112 valence electrons. The highest BCUT2D eigenvalue weighted by atomic mass is 16.2. The maximum atomic E-state index is 12.0. The summed E-state index contributed by atoms with van der Waals surface area (Å²) < 4.78 is 0. The Kier molecular flexibility index (Phi) is 6.02. The van der Waals surface area contributed by atoms with Crippen LogP contribution in [-0.2, 0) is 4.79 Å². The van der Waals surface area contributed by atoms with Gasteiger partial charge in [0.05, 0.1) is 0 Å². The van der Waals surface area contributed by atoms with Crippen LogP contribution in [0.4, 0.5) is 17.6 Å². The summed E-state index contributed by atoms with van der Waals surface area (Å²) in [7, 11) is 1.77. The number of amides is 1. The highest BCUT2D eigenvalue weighted by molar-refractivity contribution is 5.83. The molecule has 0 saturated heterocycles. The van der Waals surface area contributed by atoms with E-state index in [1.807, 2.05) is 6.92 Å². The molecule has 0 aromatic carbocycles. The van der Waals surface area contributed by atoms with Gasteiger partial charge in [0.15, 0.2) is 0 Å². The van der Waals surface area contributed by atoms with Crippen molar-refractivity contribution in [1.82, 2.24) is 14.9 Å². The largest absolute Gasteiger partial charge is 0.370 e. The van der Waals surface area contributed by atoms with Gasteiger partial charge in [0, 0.05) is 26.2 Å². The van der Waals surface area contributed by atoms with Crippen molar-refractivity contribution in [2.24, 2.45) is 0 Å². The van der Waals surface area contributed by atoms with Crippen molar-refractivity contribution in [1.29, 1.82) is 0 Å². The predicted octanol–water partition coefficient (Wildman–Crippen LogP) is 1.16. The second kappa shape index (κ2) is 7.52. The van der Waals surface area contributed by atoms with Gasteiger partial charge in [-0.1, -0.05) is 6.92 Å². The van der Waals surface area contributed by atoms with Gasteiger partial charge in [-0.2, -0.15) is 9.97 Å². The number of carbonyl (C=O) groups is 1. The lowest BCUT2D eigenvalue weighted by Crippen LogP contribution is -2.39. The van der Waals surface area contributed by atoms with Gasteiger partial charge in [0.1, 0.15) is 17.7 Å². The molecule has 1 unspecified atom stereocenters. The first-order chi connectivity index (χ1) is 9.47. The first kappa shape index (κ1) is 16.0. The molecule has 1 aromatic heterocycles. The first-order valence-corrected chi connectivity index (χ1v) is 6.87. The molecule has 7 heteroatoms. The van der Waals surface area contributed by atoms with Crippen LogP contribution in [0.2, 0.25) is 0 Å². The maximum Gasteiger partial charge on any atom is 0.244 e. The van der Waals surface area contributed by atoms with E-state index in [1.165, 1.54) is 0 Å². The van der Waals surface area contributed by atoms with E-state index in [4.69, 9.17) is 5.73 Å². The van der Waals surface area contributed by atoms with Crippen molar-refractivity contribution in [3.63, 3.8) is 0 Å². The molecule has 7 nitrogen and oxygen atoms in total. The smallest absolute Gasteiger partial charge is 0.244 e. The Labute approximate surface area is 120 Å². The second-order valence-electron chi connectivity index (χ2n) is 4.64. The lowest BCUT2D eigenvalue weighted by atomic mass is 10.3. The molecule has 1 aromatic rings. The van der Waals surface area contributed by atoms with Crippen LogP contribution in [-0.4, -0.2) is 47.0 Å². The van der Waals surface area contributed by atoms with Gasteiger partial charge in [0.25, 0.3) is 0 Å². The lowest BCUT2D eigenvalue weighted by molar-refractivity contribution is -0.130. The minimum absolute atomic E-state index is 0.00718. The second-order valence-corrected chi connectivity index (χ2v) is 4.64. The molecule has 1 atom stereocenters. The van der Waals surface area contributed by atoms with E-state index >= 15 is 0 Å². The topological polar surface area (TPSA) is 96.2 Å². The molecule has 4 N–H and O–H groups in total. The van der Waals surface area contributed by atoms with Crippen LogP contribution in [0.15, 0.2) is 6.07 Å². The standard InChI is InChI=1S/C13H24N6O/c1-5-7-15-10-8-11(18-13(14)17-10)16-9(3)12(20)19(4)6-2/h8-9H,5-7H2,1-4H3,(H4,14,15,16,17,18). The van der Waals surface area contributed by atoms with Crippen LogP contribution in [0.25, 0.3) is 0 Å². The van der Waals surface area contributed by atoms with Crippen molar-refractivity contribution in [2.45, 2.75) is 33.2 Å². The number of carbonyl (C=O) groups excluding carboxylic acids is 1. The number of anilines is 3. The van der Waals surface area contributed by atoms with E-state index in [-0.39, 0.29) is 17.9 Å². The van der Waals surface area contributed by atoms with E-state index < -0.39 is 0 Å². The molecule has 0 bridgehead atoms. The molecule has 0 spiro atoms. The number of rotatable bonds is 7. The molecule has 0 aliphatic heterocycles. The minimum Gasteiger partial charge on any atom is -0.370 e. The van der Waals surface area contributed by atoms with Gasteiger partial charge in [-0.15, -0.1) is 0 Å². The SMILES string of the molecule is CCCNc1cc(NC(C)C(=O)N(C)CC)nc(N)n1. The molecule has 1 rings (SSSR count). The number of nitrogens with zero attached hydrogens (tertiary/aromatic N) is 3. The van der Waals surface area contributed by atoms with Gasteiger partial charge in [-0.05, 0) is 20.3 Å². The molecule has 0 aliphatic carbocycles. The Hall–Kier alpha value is -2.05. The average Bonchev–Trinajstić information content (AvgIpc) is 2.42.